The largest absolute Gasteiger partial charge is 0.325 e. The molecule has 2 saturated carbocycles. The number of nitrogens with two attached hydrogens (primary N) is 1. The lowest BCUT2D eigenvalue weighted by atomic mass is 9.72. The molecule has 7 nitrogen and oxygen atoms in total. The molecule has 0 unspecified atom stereocenters. The third-order valence-corrected chi connectivity index (χ3v) is 10.9. The molecule has 0 atom stereocenters. The highest BCUT2D eigenvalue weighted by atomic mass is 32.2. The van der Waals surface area contributed by atoms with Gasteiger partial charge in [-0.15, -0.1) is 0 Å². The zero-order valence-corrected chi connectivity index (χ0v) is 23.5. The van der Waals surface area contributed by atoms with Crippen LogP contribution >= 0.6 is 11.3 Å². The SMILES string of the molecule is CN(C1CCC(CC(=O)Nc2cnc3c4ccc(C5(N)CCC5)cc4c4cscc4c3c2)CC1)S(C)(=O)=O. The molecule has 1 amide bonds. The van der Waals surface area contributed by atoms with Gasteiger partial charge in [0, 0.05) is 46.6 Å². The predicted octanol–water partition coefficient (Wildman–Crippen LogP) is 5.72. The van der Waals surface area contributed by atoms with Crippen LogP contribution in [0.3, 0.4) is 0 Å². The fraction of sp³-hybridized carbons (Fsp3) is 0.448. The monoisotopic (exact) mass is 550 g/mol. The van der Waals surface area contributed by atoms with Crippen LogP contribution in [0.2, 0.25) is 0 Å². The van der Waals surface area contributed by atoms with Gasteiger partial charge in [-0.1, -0.05) is 12.1 Å². The number of amides is 1. The van der Waals surface area contributed by atoms with E-state index >= 15 is 0 Å². The number of nitrogens with one attached hydrogen (secondary N) is 1. The molecule has 2 heterocycles. The van der Waals surface area contributed by atoms with Crippen molar-refractivity contribution >= 4 is 65.4 Å². The highest BCUT2D eigenvalue weighted by Gasteiger charge is 2.34. The second-order valence-corrected chi connectivity index (χ2v) is 14.1. The fourth-order valence-corrected chi connectivity index (χ4v) is 7.85. The highest BCUT2D eigenvalue weighted by molar-refractivity contribution is 7.88. The number of thiophene rings is 1. The molecular formula is C29H34N4O3S2. The lowest BCUT2D eigenvalue weighted by molar-refractivity contribution is -0.117. The van der Waals surface area contributed by atoms with E-state index in [1.165, 1.54) is 33.3 Å². The molecule has 9 heteroatoms. The van der Waals surface area contributed by atoms with Crippen molar-refractivity contribution in [1.82, 2.24) is 9.29 Å². The van der Waals surface area contributed by atoms with Gasteiger partial charge in [-0.05, 0) is 84.7 Å². The zero-order valence-electron chi connectivity index (χ0n) is 21.9. The Morgan fingerprint density at radius 2 is 1.79 bits per heavy atom. The van der Waals surface area contributed by atoms with Crippen LogP contribution in [-0.2, 0) is 20.4 Å². The van der Waals surface area contributed by atoms with Crippen LogP contribution < -0.4 is 11.1 Å². The van der Waals surface area contributed by atoms with Crippen molar-refractivity contribution in [2.24, 2.45) is 11.7 Å². The van der Waals surface area contributed by atoms with E-state index in [1.54, 1.807) is 24.6 Å². The van der Waals surface area contributed by atoms with Gasteiger partial charge >= 0.3 is 0 Å². The molecule has 6 rings (SSSR count). The molecule has 38 heavy (non-hydrogen) atoms. The number of hydrogen-bond acceptors (Lipinski definition) is 6. The summed E-state index contributed by atoms with van der Waals surface area (Å²) in [7, 11) is -1.54. The second kappa shape index (κ2) is 9.55. The number of hydrogen-bond donors (Lipinski definition) is 2. The summed E-state index contributed by atoms with van der Waals surface area (Å²) in [4.78, 5) is 17.7. The fourth-order valence-electron chi connectivity index (χ4n) is 6.25. The van der Waals surface area contributed by atoms with Crippen LogP contribution in [-0.4, -0.2) is 43.0 Å². The summed E-state index contributed by atoms with van der Waals surface area (Å²) in [6, 6.07) is 8.62. The van der Waals surface area contributed by atoms with Gasteiger partial charge in [0.1, 0.15) is 0 Å². The Morgan fingerprint density at radius 3 is 2.45 bits per heavy atom. The van der Waals surface area contributed by atoms with Gasteiger partial charge in [-0.2, -0.15) is 11.3 Å². The van der Waals surface area contributed by atoms with Gasteiger partial charge in [0.2, 0.25) is 15.9 Å². The summed E-state index contributed by atoms with van der Waals surface area (Å²) >= 11 is 1.67. The molecule has 0 saturated heterocycles. The minimum absolute atomic E-state index is 0.0215. The van der Waals surface area contributed by atoms with Crippen LogP contribution in [0.5, 0.6) is 0 Å². The molecule has 0 aliphatic heterocycles. The third-order valence-electron chi connectivity index (χ3n) is 8.84. The van der Waals surface area contributed by atoms with Crippen LogP contribution in [0.15, 0.2) is 41.2 Å². The first-order valence-corrected chi connectivity index (χ1v) is 16.2. The number of anilines is 1. The molecule has 3 N–H and O–H groups in total. The van der Waals surface area contributed by atoms with Crippen molar-refractivity contribution in [2.45, 2.75) is 62.9 Å². The summed E-state index contributed by atoms with van der Waals surface area (Å²) in [5, 5.41) is 13.1. The number of carbonyl (C=O) groups excluding carboxylic acids is 1. The van der Waals surface area contributed by atoms with E-state index in [0.29, 0.717) is 12.1 Å². The van der Waals surface area contributed by atoms with Crippen molar-refractivity contribution in [1.29, 1.82) is 0 Å². The van der Waals surface area contributed by atoms with Gasteiger partial charge < -0.3 is 11.1 Å². The topological polar surface area (TPSA) is 105 Å². The van der Waals surface area contributed by atoms with Crippen molar-refractivity contribution in [3.8, 4) is 0 Å². The Balaban J connectivity index is 1.21. The number of aromatic nitrogens is 1. The quantitative estimate of drug-likeness (QED) is 0.299. The van der Waals surface area contributed by atoms with E-state index in [2.05, 4.69) is 34.3 Å². The number of nitrogens with zero attached hydrogens (tertiary/aromatic N) is 2. The lowest BCUT2D eigenvalue weighted by Crippen LogP contribution is -2.43. The molecule has 2 aliphatic carbocycles. The molecule has 2 aromatic heterocycles. The number of pyridine rings is 1. The van der Waals surface area contributed by atoms with Crippen molar-refractivity contribution in [2.75, 3.05) is 18.6 Å². The number of sulfonamides is 1. The van der Waals surface area contributed by atoms with Gasteiger partial charge in [0.15, 0.2) is 0 Å². The van der Waals surface area contributed by atoms with Crippen molar-refractivity contribution in [3.63, 3.8) is 0 Å². The van der Waals surface area contributed by atoms with E-state index in [4.69, 9.17) is 10.7 Å². The second-order valence-electron chi connectivity index (χ2n) is 11.3. The Labute approximate surface area is 227 Å². The van der Waals surface area contributed by atoms with Crippen LogP contribution in [0.4, 0.5) is 5.69 Å². The summed E-state index contributed by atoms with van der Waals surface area (Å²) in [6.45, 7) is 0. The maximum Gasteiger partial charge on any atom is 0.224 e. The van der Waals surface area contributed by atoms with Gasteiger partial charge in [0.25, 0.3) is 0 Å². The van der Waals surface area contributed by atoms with E-state index in [0.717, 1.165) is 60.2 Å². The summed E-state index contributed by atoms with van der Waals surface area (Å²) in [5.74, 6) is 0.239. The van der Waals surface area contributed by atoms with E-state index in [-0.39, 0.29) is 23.4 Å². The zero-order chi connectivity index (χ0) is 26.7. The molecule has 0 spiro atoms. The minimum Gasteiger partial charge on any atom is -0.325 e. The van der Waals surface area contributed by atoms with Crippen molar-refractivity contribution in [3.05, 3.63) is 46.8 Å². The number of carbonyl (C=O) groups is 1. The molecule has 0 radical (unpaired) electrons. The summed E-state index contributed by atoms with van der Waals surface area (Å²) in [5.41, 5.74) is 9.26. The first-order chi connectivity index (χ1) is 18.1. The average molecular weight is 551 g/mol. The standard InChI is InChI=1S/C29H34N4O3S2/c1-33(38(2,35)36)21-7-4-18(5-8-21)12-27(34)32-20-14-24-26-17-37-16-25(26)23-13-19(29(30)10-3-11-29)6-9-22(23)28(24)31-15-20/h6,9,13-18,21H,3-5,7-8,10-12,30H2,1-2H3,(H,32,34). The van der Waals surface area contributed by atoms with Crippen LogP contribution in [0.25, 0.3) is 32.4 Å². The molecule has 2 aromatic carbocycles. The molecule has 2 aliphatic rings. The normalized spacial score (nSPS) is 21.7. The molecule has 200 valence electrons. The van der Waals surface area contributed by atoms with Gasteiger partial charge in [-0.25, -0.2) is 12.7 Å². The Hall–Kier alpha value is -2.59. The maximum absolute atomic E-state index is 12.9. The summed E-state index contributed by atoms with van der Waals surface area (Å²) < 4.78 is 25.2. The molecule has 2 fully saturated rings. The predicted molar refractivity (Wildman–Crippen MR) is 156 cm³/mol. The molecular weight excluding hydrogens is 516 g/mol. The van der Waals surface area contributed by atoms with Gasteiger partial charge in [0.05, 0.1) is 23.7 Å². The lowest BCUT2D eigenvalue weighted by Gasteiger charge is -2.38. The van der Waals surface area contributed by atoms with E-state index in [9.17, 15) is 13.2 Å². The maximum atomic E-state index is 12.9. The highest BCUT2D eigenvalue weighted by Crippen LogP contribution is 2.43. The number of rotatable bonds is 6. The Kier molecular flexibility index (Phi) is 6.45. The first kappa shape index (κ1) is 25.7. The number of fused-ring (bicyclic) bond motifs is 6. The van der Waals surface area contributed by atoms with Gasteiger partial charge in [-0.3, -0.25) is 9.78 Å². The van der Waals surface area contributed by atoms with E-state index < -0.39 is 10.0 Å². The molecule has 4 aromatic rings. The number of benzene rings is 2. The minimum atomic E-state index is -3.19. The van der Waals surface area contributed by atoms with Crippen LogP contribution in [0.1, 0.15) is 56.9 Å². The Morgan fingerprint density at radius 1 is 1.08 bits per heavy atom. The van der Waals surface area contributed by atoms with Crippen molar-refractivity contribution < 1.29 is 13.2 Å². The average Bonchev–Trinajstić information content (AvgIpc) is 3.37. The Bertz CT molecular complexity index is 1650. The molecule has 0 bridgehead atoms. The van der Waals surface area contributed by atoms with Crippen LogP contribution in [0, 0.1) is 5.92 Å². The summed E-state index contributed by atoms with van der Waals surface area (Å²) in [6.07, 6.45) is 9.94. The smallest absolute Gasteiger partial charge is 0.224 e. The van der Waals surface area contributed by atoms with E-state index in [1.807, 2.05) is 6.07 Å². The third kappa shape index (κ3) is 4.59. The first-order valence-electron chi connectivity index (χ1n) is 13.4.